The Hall–Kier alpha value is -1.88. The molecule has 3 amide bonds. The Morgan fingerprint density at radius 3 is 2.64 bits per heavy atom. The molecule has 22 heavy (non-hydrogen) atoms. The molecule has 1 unspecified atom stereocenters. The molecule has 0 bridgehead atoms. The summed E-state index contributed by atoms with van der Waals surface area (Å²) in [6, 6.07) is 0. The number of hydrogen-bond donors (Lipinski definition) is 3. The van der Waals surface area contributed by atoms with Crippen molar-refractivity contribution in [2.75, 3.05) is 11.9 Å². The largest absolute Gasteiger partial charge is 0.450 e. The number of rotatable bonds is 6. The van der Waals surface area contributed by atoms with Gasteiger partial charge in [-0.05, 0) is 13.8 Å². The zero-order chi connectivity index (χ0) is 16.5. The standard InChI is InChI=1S/C11H17N5O4S2/c1-4-7(17)13-14-8(18)6(3)21-11-16-15-9(22-11)12-10(19)20-5-2/h6H,4-5H2,1-3H3,(H,13,17)(H,14,18)(H,12,15,19). The van der Waals surface area contributed by atoms with E-state index in [1.807, 2.05) is 0 Å². The molecular formula is C11H17N5O4S2. The molecule has 1 atom stereocenters. The first-order valence-corrected chi connectivity index (χ1v) is 8.18. The fourth-order valence-corrected chi connectivity index (χ4v) is 2.97. The number of ether oxygens (including phenoxy) is 1. The molecule has 1 rings (SSSR count). The van der Waals surface area contributed by atoms with Crippen molar-refractivity contribution >= 4 is 46.1 Å². The van der Waals surface area contributed by atoms with Crippen molar-refractivity contribution in [1.29, 1.82) is 0 Å². The van der Waals surface area contributed by atoms with Crippen LogP contribution >= 0.6 is 23.1 Å². The van der Waals surface area contributed by atoms with E-state index in [-0.39, 0.29) is 30.0 Å². The van der Waals surface area contributed by atoms with Gasteiger partial charge < -0.3 is 4.74 Å². The fourth-order valence-electron chi connectivity index (χ4n) is 1.09. The van der Waals surface area contributed by atoms with Crippen molar-refractivity contribution in [2.24, 2.45) is 0 Å². The Morgan fingerprint density at radius 1 is 1.27 bits per heavy atom. The molecule has 11 heteroatoms. The molecule has 0 aliphatic rings. The number of nitrogens with one attached hydrogen (secondary N) is 3. The van der Waals surface area contributed by atoms with Crippen LogP contribution < -0.4 is 16.2 Å². The van der Waals surface area contributed by atoms with Crippen molar-refractivity contribution in [2.45, 2.75) is 36.8 Å². The van der Waals surface area contributed by atoms with Gasteiger partial charge in [0.15, 0.2) is 4.34 Å². The molecule has 0 aliphatic heterocycles. The summed E-state index contributed by atoms with van der Waals surface area (Å²) in [6.07, 6.45) is -0.329. The highest BCUT2D eigenvalue weighted by molar-refractivity contribution is 8.02. The van der Waals surface area contributed by atoms with E-state index >= 15 is 0 Å². The number of hydrogen-bond acceptors (Lipinski definition) is 8. The normalized spacial score (nSPS) is 11.4. The summed E-state index contributed by atoms with van der Waals surface area (Å²) in [7, 11) is 0. The Bertz CT molecular complexity index is 536. The molecule has 0 aromatic carbocycles. The lowest BCUT2D eigenvalue weighted by molar-refractivity contribution is -0.128. The molecule has 1 aromatic heterocycles. The van der Waals surface area contributed by atoms with Crippen LogP contribution in [-0.4, -0.2) is 40.0 Å². The predicted octanol–water partition coefficient (Wildman–Crippen LogP) is 1.14. The second-order valence-electron chi connectivity index (χ2n) is 3.87. The average Bonchev–Trinajstić information content (AvgIpc) is 2.91. The van der Waals surface area contributed by atoms with E-state index in [0.29, 0.717) is 4.34 Å². The Labute approximate surface area is 135 Å². The van der Waals surface area contributed by atoms with Gasteiger partial charge in [0.1, 0.15) is 0 Å². The van der Waals surface area contributed by atoms with Crippen LogP contribution in [0.5, 0.6) is 0 Å². The van der Waals surface area contributed by atoms with Gasteiger partial charge in [-0.15, -0.1) is 10.2 Å². The van der Waals surface area contributed by atoms with Gasteiger partial charge in [-0.1, -0.05) is 30.0 Å². The minimum absolute atomic E-state index is 0.257. The van der Waals surface area contributed by atoms with Crippen LogP contribution in [0.15, 0.2) is 4.34 Å². The van der Waals surface area contributed by atoms with Crippen molar-refractivity contribution < 1.29 is 19.1 Å². The van der Waals surface area contributed by atoms with Gasteiger partial charge in [0, 0.05) is 6.42 Å². The minimum Gasteiger partial charge on any atom is -0.450 e. The maximum atomic E-state index is 11.8. The van der Waals surface area contributed by atoms with Crippen LogP contribution in [0.3, 0.4) is 0 Å². The topological polar surface area (TPSA) is 122 Å². The van der Waals surface area contributed by atoms with Crippen LogP contribution in [0.4, 0.5) is 9.93 Å². The number of carbonyl (C=O) groups excluding carboxylic acids is 3. The summed E-state index contributed by atoms with van der Waals surface area (Å²) in [5.74, 6) is -0.635. The SMILES string of the molecule is CCOC(=O)Nc1nnc(SC(C)C(=O)NNC(=O)CC)s1. The third-order valence-electron chi connectivity index (χ3n) is 2.18. The van der Waals surface area contributed by atoms with E-state index in [0.717, 1.165) is 23.1 Å². The molecule has 0 saturated heterocycles. The van der Waals surface area contributed by atoms with Crippen LogP contribution in [0, 0.1) is 0 Å². The zero-order valence-electron chi connectivity index (χ0n) is 12.3. The van der Waals surface area contributed by atoms with Crippen LogP contribution in [0.1, 0.15) is 27.2 Å². The van der Waals surface area contributed by atoms with Gasteiger partial charge in [-0.25, -0.2) is 4.79 Å². The van der Waals surface area contributed by atoms with Gasteiger partial charge in [0.2, 0.25) is 11.0 Å². The lowest BCUT2D eigenvalue weighted by atomic mass is 10.4. The summed E-state index contributed by atoms with van der Waals surface area (Å²) < 4.78 is 5.23. The summed E-state index contributed by atoms with van der Waals surface area (Å²) in [6.45, 7) is 5.29. The van der Waals surface area contributed by atoms with E-state index in [4.69, 9.17) is 4.74 Å². The highest BCUT2D eigenvalue weighted by Crippen LogP contribution is 2.28. The number of nitrogens with zero attached hydrogens (tertiary/aromatic N) is 2. The van der Waals surface area contributed by atoms with Crippen molar-refractivity contribution in [3.8, 4) is 0 Å². The monoisotopic (exact) mass is 347 g/mol. The van der Waals surface area contributed by atoms with Gasteiger partial charge in [-0.2, -0.15) is 0 Å². The summed E-state index contributed by atoms with van der Waals surface area (Å²) in [5.41, 5.74) is 4.60. The third kappa shape index (κ3) is 6.26. The van der Waals surface area contributed by atoms with Crippen LogP contribution in [0.25, 0.3) is 0 Å². The van der Waals surface area contributed by atoms with Crippen molar-refractivity contribution in [3.05, 3.63) is 0 Å². The second kappa shape index (κ2) is 9.20. The van der Waals surface area contributed by atoms with Gasteiger partial charge >= 0.3 is 6.09 Å². The van der Waals surface area contributed by atoms with E-state index in [1.54, 1.807) is 20.8 Å². The summed E-state index contributed by atoms with van der Waals surface area (Å²) in [5, 5.41) is 9.86. The quantitative estimate of drug-likeness (QED) is 0.401. The van der Waals surface area contributed by atoms with Gasteiger partial charge in [0.05, 0.1) is 11.9 Å². The zero-order valence-corrected chi connectivity index (χ0v) is 14.0. The van der Waals surface area contributed by atoms with E-state index in [9.17, 15) is 14.4 Å². The van der Waals surface area contributed by atoms with Crippen molar-refractivity contribution in [1.82, 2.24) is 21.0 Å². The van der Waals surface area contributed by atoms with Crippen molar-refractivity contribution in [3.63, 3.8) is 0 Å². The average molecular weight is 347 g/mol. The molecule has 1 heterocycles. The maximum Gasteiger partial charge on any atom is 0.413 e. The number of thioether (sulfide) groups is 1. The minimum atomic E-state index is -0.608. The predicted molar refractivity (Wildman–Crippen MR) is 82.4 cm³/mol. The first kappa shape index (κ1) is 18.2. The smallest absolute Gasteiger partial charge is 0.413 e. The third-order valence-corrected chi connectivity index (χ3v) is 4.21. The highest BCUT2D eigenvalue weighted by atomic mass is 32.2. The van der Waals surface area contributed by atoms with E-state index in [1.165, 1.54) is 0 Å². The molecule has 0 radical (unpaired) electrons. The molecule has 0 fully saturated rings. The number of carbonyl (C=O) groups is 3. The fraction of sp³-hybridized carbons (Fsp3) is 0.545. The molecule has 0 saturated carbocycles. The van der Waals surface area contributed by atoms with Gasteiger partial charge in [0.25, 0.3) is 5.91 Å². The molecule has 0 spiro atoms. The van der Waals surface area contributed by atoms with Crippen LogP contribution in [-0.2, 0) is 14.3 Å². The first-order valence-electron chi connectivity index (χ1n) is 6.48. The van der Waals surface area contributed by atoms with E-state index in [2.05, 4.69) is 26.4 Å². The molecular weight excluding hydrogens is 330 g/mol. The lowest BCUT2D eigenvalue weighted by Gasteiger charge is -2.10. The molecule has 3 N–H and O–H groups in total. The maximum absolute atomic E-state index is 11.8. The number of anilines is 1. The highest BCUT2D eigenvalue weighted by Gasteiger charge is 2.18. The first-order chi connectivity index (χ1) is 10.5. The number of amides is 3. The summed E-state index contributed by atoms with van der Waals surface area (Å²) in [4.78, 5) is 34.0. The lowest BCUT2D eigenvalue weighted by Crippen LogP contribution is -2.44. The number of aromatic nitrogens is 2. The van der Waals surface area contributed by atoms with Crippen LogP contribution in [0.2, 0.25) is 0 Å². The Kier molecular flexibility index (Phi) is 7.60. The second-order valence-corrected chi connectivity index (χ2v) is 6.44. The Balaban J connectivity index is 2.46. The van der Waals surface area contributed by atoms with E-state index < -0.39 is 11.3 Å². The molecule has 122 valence electrons. The number of hydrazine groups is 1. The summed E-state index contributed by atoms with van der Waals surface area (Å²) >= 11 is 2.28. The molecule has 1 aromatic rings. The Morgan fingerprint density at radius 2 is 2.00 bits per heavy atom. The molecule has 9 nitrogen and oxygen atoms in total. The van der Waals surface area contributed by atoms with Gasteiger partial charge in [-0.3, -0.25) is 25.8 Å². The molecule has 0 aliphatic carbocycles.